The minimum absolute atomic E-state index is 0.0681. The van der Waals surface area contributed by atoms with Crippen LogP contribution in [0.4, 0.5) is 5.69 Å². The van der Waals surface area contributed by atoms with Crippen LogP contribution in [0, 0.1) is 18.3 Å². The molecule has 1 aromatic carbocycles. The van der Waals surface area contributed by atoms with Crippen molar-refractivity contribution < 1.29 is 9.90 Å². The van der Waals surface area contributed by atoms with Gasteiger partial charge in [-0.15, -0.1) is 0 Å². The quantitative estimate of drug-likeness (QED) is 0.374. The highest BCUT2D eigenvalue weighted by atomic mass is 16.3. The largest absolute Gasteiger partial charge is 0.508 e. The molecule has 0 spiro atoms. The molecule has 0 bridgehead atoms. The van der Waals surface area contributed by atoms with Crippen LogP contribution >= 0.6 is 0 Å². The smallest absolute Gasteiger partial charge is 0.267 e. The van der Waals surface area contributed by atoms with Gasteiger partial charge in [0.2, 0.25) is 0 Å². The monoisotopic (exact) mass is 383 g/mol. The maximum absolute atomic E-state index is 12.5. The molecule has 0 radical (unpaired) electrons. The molecule has 0 saturated heterocycles. The molecule has 0 aromatic heterocycles. The average molecular weight is 384 g/mol. The second-order valence-corrected chi connectivity index (χ2v) is 7.75. The maximum atomic E-state index is 12.5. The number of amides is 1. The van der Waals surface area contributed by atoms with E-state index < -0.39 is 5.91 Å². The Morgan fingerprint density at radius 1 is 1.07 bits per heavy atom. The molecule has 5 nitrogen and oxygen atoms in total. The Kier molecular flexibility index (Phi) is 9.41. The van der Waals surface area contributed by atoms with E-state index in [-0.39, 0.29) is 11.3 Å². The Bertz CT molecular complexity index is 694. The molecule has 2 rings (SSSR count). The molecule has 28 heavy (non-hydrogen) atoms. The Balaban J connectivity index is 1.94. The van der Waals surface area contributed by atoms with Gasteiger partial charge in [-0.1, -0.05) is 57.8 Å². The third-order valence-corrected chi connectivity index (χ3v) is 5.39. The molecule has 1 amide bonds. The van der Waals surface area contributed by atoms with Gasteiger partial charge in [0.05, 0.1) is 0 Å². The van der Waals surface area contributed by atoms with E-state index >= 15 is 0 Å². The van der Waals surface area contributed by atoms with Crippen molar-refractivity contribution in [3.8, 4) is 11.8 Å². The SMILES string of the molecule is Cc1cc(O)ccc1NC(=O)/C(C#N)=C\NC1CCCCCCCCCCC1. The number of carbonyl (C=O) groups excluding carboxylic acids is 1. The zero-order valence-corrected chi connectivity index (χ0v) is 17.0. The standard InChI is InChI=1S/C23H33N3O2/c1-18-15-21(27)13-14-22(18)26-23(28)19(16-24)17-25-20-11-9-7-5-3-2-4-6-8-10-12-20/h13-15,17,20,25,27H,2-12H2,1H3,(H,26,28)/b19-17-. The summed E-state index contributed by atoms with van der Waals surface area (Å²) in [5, 5.41) is 25.0. The van der Waals surface area contributed by atoms with E-state index in [1.807, 2.05) is 6.07 Å². The van der Waals surface area contributed by atoms with Gasteiger partial charge in [-0.3, -0.25) is 4.79 Å². The van der Waals surface area contributed by atoms with Crippen molar-refractivity contribution in [2.75, 3.05) is 5.32 Å². The number of nitrogens with zero attached hydrogens (tertiary/aromatic N) is 1. The molecule has 1 aromatic rings. The van der Waals surface area contributed by atoms with Crippen molar-refractivity contribution in [1.29, 1.82) is 5.26 Å². The number of benzene rings is 1. The second-order valence-electron chi connectivity index (χ2n) is 7.75. The number of carbonyl (C=O) groups is 1. The zero-order valence-electron chi connectivity index (χ0n) is 17.0. The molecule has 5 heteroatoms. The molecule has 3 N–H and O–H groups in total. The molecule has 0 heterocycles. The number of rotatable bonds is 4. The molecule has 152 valence electrons. The third kappa shape index (κ3) is 7.64. The highest BCUT2D eigenvalue weighted by molar-refractivity contribution is 6.06. The summed E-state index contributed by atoms with van der Waals surface area (Å²) in [5.41, 5.74) is 1.41. The minimum atomic E-state index is -0.433. The molecule has 0 aliphatic heterocycles. The lowest BCUT2D eigenvalue weighted by Gasteiger charge is -2.18. The number of anilines is 1. The van der Waals surface area contributed by atoms with E-state index in [0.717, 1.165) is 18.4 Å². The fourth-order valence-corrected chi connectivity index (χ4v) is 3.66. The fourth-order valence-electron chi connectivity index (χ4n) is 3.66. The van der Waals surface area contributed by atoms with E-state index in [1.165, 1.54) is 63.9 Å². The van der Waals surface area contributed by atoms with Crippen molar-refractivity contribution >= 4 is 11.6 Å². The number of nitrogens with one attached hydrogen (secondary N) is 2. The van der Waals surface area contributed by atoms with Crippen LogP contribution < -0.4 is 10.6 Å². The molecule has 1 aliphatic rings. The van der Waals surface area contributed by atoms with Gasteiger partial charge in [0.25, 0.3) is 5.91 Å². The predicted molar refractivity (Wildman–Crippen MR) is 113 cm³/mol. The average Bonchev–Trinajstić information content (AvgIpc) is 2.66. The topological polar surface area (TPSA) is 85.2 Å². The van der Waals surface area contributed by atoms with Crippen LogP contribution in [-0.2, 0) is 4.79 Å². The van der Waals surface area contributed by atoms with E-state index in [2.05, 4.69) is 10.6 Å². The summed E-state index contributed by atoms with van der Waals surface area (Å²) in [6.07, 6.45) is 15.3. The summed E-state index contributed by atoms with van der Waals surface area (Å²) in [6.45, 7) is 1.80. The summed E-state index contributed by atoms with van der Waals surface area (Å²) in [4.78, 5) is 12.5. The summed E-state index contributed by atoms with van der Waals surface area (Å²) in [7, 11) is 0. The first-order valence-corrected chi connectivity index (χ1v) is 10.6. The van der Waals surface area contributed by atoms with Gasteiger partial charge < -0.3 is 15.7 Å². The van der Waals surface area contributed by atoms with Gasteiger partial charge in [0, 0.05) is 17.9 Å². The summed E-state index contributed by atoms with van der Waals surface area (Å²) >= 11 is 0. The number of hydrogen-bond donors (Lipinski definition) is 3. The van der Waals surface area contributed by atoms with Crippen LogP contribution in [0.1, 0.15) is 76.2 Å². The Morgan fingerprint density at radius 3 is 2.18 bits per heavy atom. The van der Waals surface area contributed by atoms with Gasteiger partial charge in [-0.25, -0.2) is 0 Å². The van der Waals surface area contributed by atoms with E-state index in [9.17, 15) is 15.2 Å². The number of aryl methyl sites for hydroxylation is 1. The summed E-state index contributed by atoms with van der Waals surface area (Å²) < 4.78 is 0. The van der Waals surface area contributed by atoms with Gasteiger partial charge in [0.1, 0.15) is 17.4 Å². The van der Waals surface area contributed by atoms with E-state index in [4.69, 9.17) is 0 Å². The maximum Gasteiger partial charge on any atom is 0.267 e. The first-order valence-electron chi connectivity index (χ1n) is 10.6. The number of nitriles is 1. The van der Waals surface area contributed by atoms with Gasteiger partial charge in [-0.05, 0) is 43.5 Å². The Morgan fingerprint density at radius 2 is 1.64 bits per heavy atom. The number of phenolic OH excluding ortho intramolecular Hbond substituents is 1. The zero-order chi connectivity index (χ0) is 20.2. The minimum Gasteiger partial charge on any atom is -0.508 e. The van der Waals surface area contributed by atoms with Gasteiger partial charge in [0.15, 0.2) is 0 Å². The molecular weight excluding hydrogens is 350 g/mol. The first kappa shape index (κ1) is 21.8. The van der Waals surface area contributed by atoms with Crippen LogP contribution in [0.5, 0.6) is 5.75 Å². The van der Waals surface area contributed by atoms with Crippen molar-refractivity contribution in [3.05, 3.63) is 35.5 Å². The number of aromatic hydroxyl groups is 1. The summed E-state index contributed by atoms with van der Waals surface area (Å²) in [5.74, 6) is -0.285. The Labute approximate surface area is 168 Å². The van der Waals surface area contributed by atoms with Crippen molar-refractivity contribution in [2.45, 2.75) is 83.6 Å². The molecular formula is C23H33N3O2. The third-order valence-electron chi connectivity index (χ3n) is 5.39. The normalized spacial score (nSPS) is 17.6. The molecule has 0 unspecified atom stereocenters. The number of phenols is 1. The second kappa shape index (κ2) is 12.1. The molecule has 1 aliphatic carbocycles. The van der Waals surface area contributed by atoms with Gasteiger partial charge in [-0.2, -0.15) is 5.26 Å². The summed E-state index contributed by atoms with van der Waals surface area (Å²) in [6, 6.07) is 7.04. The van der Waals surface area contributed by atoms with E-state index in [1.54, 1.807) is 25.3 Å². The highest BCUT2D eigenvalue weighted by Crippen LogP contribution is 2.21. The first-order chi connectivity index (χ1) is 13.6. The lowest BCUT2D eigenvalue weighted by atomic mass is 9.98. The lowest BCUT2D eigenvalue weighted by Crippen LogP contribution is -2.26. The van der Waals surface area contributed by atoms with Gasteiger partial charge >= 0.3 is 0 Å². The van der Waals surface area contributed by atoms with Crippen LogP contribution in [0.2, 0.25) is 0 Å². The molecule has 1 fully saturated rings. The van der Waals surface area contributed by atoms with Crippen LogP contribution in [-0.4, -0.2) is 17.1 Å². The highest BCUT2D eigenvalue weighted by Gasteiger charge is 2.13. The van der Waals surface area contributed by atoms with Crippen LogP contribution in [0.3, 0.4) is 0 Å². The molecule has 1 saturated carbocycles. The Hall–Kier alpha value is -2.48. The van der Waals surface area contributed by atoms with Crippen molar-refractivity contribution in [2.24, 2.45) is 0 Å². The lowest BCUT2D eigenvalue weighted by molar-refractivity contribution is -0.112. The van der Waals surface area contributed by atoms with Crippen LogP contribution in [0.25, 0.3) is 0 Å². The van der Waals surface area contributed by atoms with Crippen LogP contribution in [0.15, 0.2) is 30.0 Å². The van der Waals surface area contributed by atoms with E-state index in [0.29, 0.717) is 11.7 Å². The van der Waals surface area contributed by atoms with Crippen molar-refractivity contribution in [3.63, 3.8) is 0 Å². The molecule has 0 atom stereocenters. The fraction of sp³-hybridized carbons (Fsp3) is 0.565. The number of hydrogen-bond acceptors (Lipinski definition) is 4. The van der Waals surface area contributed by atoms with Crippen molar-refractivity contribution in [1.82, 2.24) is 5.32 Å². The predicted octanol–water partition coefficient (Wildman–Crippen LogP) is 5.31.